The summed E-state index contributed by atoms with van der Waals surface area (Å²) in [5, 5.41) is 0. The van der Waals surface area contributed by atoms with E-state index in [2.05, 4.69) is 43.3 Å². The molecule has 92 valence electrons. The van der Waals surface area contributed by atoms with Crippen molar-refractivity contribution in [2.45, 2.75) is 51.9 Å². The van der Waals surface area contributed by atoms with Gasteiger partial charge in [-0.2, -0.15) is 0 Å². The van der Waals surface area contributed by atoms with Gasteiger partial charge in [-0.15, -0.1) is 0 Å². The minimum absolute atomic E-state index is 0.772. The fourth-order valence-corrected chi connectivity index (χ4v) is 2.72. The van der Waals surface area contributed by atoms with Gasteiger partial charge in [-0.1, -0.05) is 74.6 Å². The fourth-order valence-electron chi connectivity index (χ4n) is 2.72. The van der Waals surface area contributed by atoms with Crippen LogP contribution in [0.5, 0.6) is 0 Å². The van der Waals surface area contributed by atoms with E-state index in [9.17, 15) is 0 Å². The van der Waals surface area contributed by atoms with Crippen LogP contribution in [-0.4, -0.2) is 0 Å². The summed E-state index contributed by atoms with van der Waals surface area (Å²) in [5.41, 5.74) is 3.03. The second kappa shape index (κ2) is 6.64. The van der Waals surface area contributed by atoms with Gasteiger partial charge in [-0.05, 0) is 30.7 Å². The standard InChI is InChI=1S/C17H24/c1-15-10-6-3-2-4-9-13-17(15)14-16-11-7-5-8-12-16/h5,7-8,11-12,14-15H,2-4,6,9-10,13H2,1H3. The molecule has 2 rings (SSSR count). The summed E-state index contributed by atoms with van der Waals surface area (Å²) < 4.78 is 0. The normalized spacial score (nSPS) is 25.0. The average molecular weight is 228 g/mol. The van der Waals surface area contributed by atoms with Crippen LogP contribution in [0.2, 0.25) is 0 Å². The second-order valence-corrected chi connectivity index (χ2v) is 5.34. The lowest BCUT2D eigenvalue weighted by atomic mass is 9.91. The van der Waals surface area contributed by atoms with Gasteiger partial charge in [-0.3, -0.25) is 0 Å². The highest BCUT2D eigenvalue weighted by molar-refractivity contribution is 5.53. The molecule has 0 bridgehead atoms. The molecular formula is C17H24. The van der Waals surface area contributed by atoms with Crippen LogP contribution in [0.15, 0.2) is 35.9 Å². The Morgan fingerprint density at radius 2 is 1.65 bits per heavy atom. The van der Waals surface area contributed by atoms with E-state index in [1.807, 2.05) is 0 Å². The predicted octanol–water partition coefficient (Wildman–Crippen LogP) is 5.45. The largest absolute Gasteiger partial charge is 0.0668 e. The van der Waals surface area contributed by atoms with Crippen LogP contribution in [0.25, 0.3) is 6.08 Å². The summed E-state index contributed by atoms with van der Waals surface area (Å²) in [6.45, 7) is 2.40. The molecule has 0 nitrogen and oxygen atoms in total. The third-order valence-corrected chi connectivity index (χ3v) is 3.89. The third kappa shape index (κ3) is 4.03. The van der Waals surface area contributed by atoms with Crippen LogP contribution in [0.3, 0.4) is 0 Å². The molecule has 0 heteroatoms. The third-order valence-electron chi connectivity index (χ3n) is 3.89. The molecule has 0 spiro atoms. The zero-order valence-electron chi connectivity index (χ0n) is 11.0. The van der Waals surface area contributed by atoms with Crippen LogP contribution in [0, 0.1) is 5.92 Å². The van der Waals surface area contributed by atoms with Crippen molar-refractivity contribution in [3.05, 3.63) is 41.5 Å². The molecular weight excluding hydrogens is 204 g/mol. The van der Waals surface area contributed by atoms with E-state index in [0.717, 1.165) is 5.92 Å². The summed E-state index contributed by atoms with van der Waals surface area (Å²) in [6, 6.07) is 10.8. The van der Waals surface area contributed by atoms with E-state index < -0.39 is 0 Å². The van der Waals surface area contributed by atoms with Crippen molar-refractivity contribution in [1.29, 1.82) is 0 Å². The maximum atomic E-state index is 2.43. The Bertz CT molecular complexity index is 348. The highest BCUT2D eigenvalue weighted by atomic mass is 14.2. The molecule has 0 radical (unpaired) electrons. The number of hydrogen-bond acceptors (Lipinski definition) is 0. The Hall–Kier alpha value is -1.04. The summed E-state index contributed by atoms with van der Waals surface area (Å²) in [5.74, 6) is 0.772. The monoisotopic (exact) mass is 228 g/mol. The van der Waals surface area contributed by atoms with Crippen LogP contribution < -0.4 is 0 Å². The highest BCUT2D eigenvalue weighted by Gasteiger charge is 2.10. The molecule has 17 heavy (non-hydrogen) atoms. The van der Waals surface area contributed by atoms with Gasteiger partial charge in [0.2, 0.25) is 0 Å². The summed E-state index contributed by atoms with van der Waals surface area (Å²) in [6.07, 6.45) is 12.2. The number of hydrogen-bond donors (Lipinski definition) is 0. The van der Waals surface area contributed by atoms with Gasteiger partial charge in [0.1, 0.15) is 0 Å². The summed E-state index contributed by atoms with van der Waals surface area (Å²) >= 11 is 0. The van der Waals surface area contributed by atoms with Crippen molar-refractivity contribution >= 4 is 6.08 Å². The van der Waals surface area contributed by atoms with E-state index in [4.69, 9.17) is 0 Å². The van der Waals surface area contributed by atoms with Crippen LogP contribution in [0.4, 0.5) is 0 Å². The zero-order chi connectivity index (χ0) is 11.9. The van der Waals surface area contributed by atoms with Gasteiger partial charge >= 0.3 is 0 Å². The molecule has 0 N–H and O–H groups in total. The first kappa shape index (κ1) is 12.4. The molecule has 0 amide bonds. The molecule has 0 aliphatic heterocycles. The van der Waals surface area contributed by atoms with Crippen molar-refractivity contribution in [2.24, 2.45) is 5.92 Å². The molecule has 0 heterocycles. The zero-order valence-corrected chi connectivity index (χ0v) is 11.0. The van der Waals surface area contributed by atoms with Crippen LogP contribution in [-0.2, 0) is 0 Å². The van der Waals surface area contributed by atoms with Gasteiger partial charge in [0, 0.05) is 0 Å². The average Bonchev–Trinajstić information content (AvgIpc) is 2.45. The lowest BCUT2D eigenvalue weighted by Crippen LogP contribution is -1.99. The number of rotatable bonds is 1. The molecule has 0 aromatic heterocycles. The van der Waals surface area contributed by atoms with Crippen molar-refractivity contribution in [3.63, 3.8) is 0 Å². The maximum Gasteiger partial charge on any atom is -0.0228 e. The summed E-state index contributed by atoms with van der Waals surface area (Å²) in [4.78, 5) is 0. The molecule has 1 aromatic carbocycles. The van der Waals surface area contributed by atoms with Gasteiger partial charge in [0.25, 0.3) is 0 Å². The Morgan fingerprint density at radius 1 is 0.941 bits per heavy atom. The molecule has 1 aromatic rings. The van der Waals surface area contributed by atoms with Crippen molar-refractivity contribution in [3.8, 4) is 0 Å². The number of allylic oxidation sites excluding steroid dienone is 1. The topological polar surface area (TPSA) is 0 Å². The molecule has 1 saturated carbocycles. The Labute approximate surface area is 106 Å². The first-order chi connectivity index (χ1) is 8.36. The lowest BCUT2D eigenvalue weighted by molar-refractivity contribution is 0.556. The van der Waals surface area contributed by atoms with E-state index in [1.165, 1.54) is 50.5 Å². The smallest absolute Gasteiger partial charge is 0.0228 e. The van der Waals surface area contributed by atoms with Gasteiger partial charge in [0.05, 0.1) is 0 Å². The molecule has 0 saturated heterocycles. The van der Waals surface area contributed by atoms with E-state index in [-0.39, 0.29) is 0 Å². The van der Waals surface area contributed by atoms with Gasteiger partial charge < -0.3 is 0 Å². The lowest BCUT2D eigenvalue weighted by Gasteiger charge is -2.14. The number of benzene rings is 1. The van der Waals surface area contributed by atoms with Crippen molar-refractivity contribution in [1.82, 2.24) is 0 Å². The molecule has 1 fully saturated rings. The molecule has 1 atom stereocenters. The molecule has 1 unspecified atom stereocenters. The SMILES string of the molecule is CC1CCCCCCCC1=Cc1ccccc1. The maximum absolute atomic E-state index is 2.43. The van der Waals surface area contributed by atoms with Crippen LogP contribution >= 0.6 is 0 Å². The minimum Gasteiger partial charge on any atom is -0.0668 e. The quantitative estimate of drug-likeness (QED) is 0.599. The second-order valence-electron chi connectivity index (χ2n) is 5.34. The first-order valence-corrected chi connectivity index (χ1v) is 7.12. The highest BCUT2D eigenvalue weighted by Crippen LogP contribution is 2.27. The molecule has 1 aliphatic rings. The Balaban J connectivity index is 2.12. The van der Waals surface area contributed by atoms with E-state index >= 15 is 0 Å². The first-order valence-electron chi connectivity index (χ1n) is 7.12. The van der Waals surface area contributed by atoms with E-state index in [1.54, 1.807) is 5.57 Å². The summed E-state index contributed by atoms with van der Waals surface area (Å²) in [7, 11) is 0. The van der Waals surface area contributed by atoms with Gasteiger partial charge in [0.15, 0.2) is 0 Å². The van der Waals surface area contributed by atoms with Crippen molar-refractivity contribution < 1.29 is 0 Å². The molecule has 1 aliphatic carbocycles. The van der Waals surface area contributed by atoms with Crippen molar-refractivity contribution in [2.75, 3.05) is 0 Å². The minimum atomic E-state index is 0.772. The fraction of sp³-hybridized carbons (Fsp3) is 0.529. The predicted molar refractivity (Wildman–Crippen MR) is 75.9 cm³/mol. The van der Waals surface area contributed by atoms with E-state index in [0.29, 0.717) is 0 Å². The van der Waals surface area contributed by atoms with Crippen LogP contribution in [0.1, 0.15) is 57.4 Å². The van der Waals surface area contributed by atoms with Gasteiger partial charge in [-0.25, -0.2) is 0 Å². The Kier molecular flexibility index (Phi) is 4.85. The Morgan fingerprint density at radius 3 is 2.47 bits per heavy atom.